The lowest BCUT2D eigenvalue weighted by molar-refractivity contribution is -0.122. The Labute approximate surface area is 210 Å². The fourth-order valence-corrected chi connectivity index (χ4v) is 3.80. The third kappa shape index (κ3) is 4.99. The molecule has 0 saturated carbocycles. The molecule has 1 aliphatic rings. The third-order valence-corrected chi connectivity index (χ3v) is 5.66. The zero-order valence-electron chi connectivity index (χ0n) is 18.2. The zero-order valence-corrected chi connectivity index (χ0v) is 19.8. The Morgan fingerprint density at radius 1 is 1.20 bits per heavy atom. The number of aryl methyl sites for hydroxylation is 1. The normalized spacial score (nSPS) is 14.6. The van der Waals surface area contributed by atoms with Gasteiger partial charge in [0.15, 0.2) is 11.7 Å². The second-order valence-corrected chi connectivity index (χ2v) is 8.22. The van der Waals surface area contributed by atoms with Crippen molar-refractivity contribution in [2.75, 3.05) is 11.5 Å². The van der Waals surface area contributed by atoms with Crippen LogP contribution in [0, 0.1) is 18.3 Å². The summed E-state index contributed by atoms with van der Waals surface area (Å²) in [5.74, 6) is -1.38. The second-order valence-electron chi connectivity index (χ2n) is 7.42. The molecule has 1 aromatic heterocycles. The number of nitriles is 1. The summed E-state index contributed by atoms with van der Waals surface area (Å²) in [5, 5.41) is 11.3. The van der Waals surface area contributed by atoms with Gasteiger partial charge in [-0.2, -0.15) is 5.26 Å². The van der Waals surface area contributed by atoms with Crippen LogP contribution in [0.4, 0.5) is 5.69 Å². The number of ether oxygens (including phenoxy) is 1. The van der Waals surface area contributed by atoms with Gasteiger partial charge in [0, 0.05) is 5.56 Å². The average Bonchev–Trinajstić information content (AvgIpc) is 3.30. The summed E-state index contributed by atoms with van der Waals surface area (Å²) in [7, 11) is 0. The molecule has 4 rings (SSSR count). The molecule has 0 radical (unpaired) electrons. The van der Waals surface area contributed by atoms with Crippen molar-refractivity contribution in [1.82, 2.24) is 5.32 Å². The zero-order chi connectivity index (χ0) is 25.1. The summed E-state index contributed by atoms with van der Waals surface area (Å²) in [6.07, 6.45) is 1.32. The highest BCUT2D eigenvalue weighted by atomic mass is 35.5. The first-order valence-electron chi connectivity index (χ1n) is 10.2. The number of nitrogens with zero attached hydrogens (tertiary/aromatic N) is 2. The fourth-order valence-electron chi connectivity index (χ4n) is 3.32. The molecule has 10 heteroatoms. The van der Waals surface area contributed by atoms with Gasteiger partial charge in [0.05, 0.1) is 16.3 Å². The van der Waals surface area contributed by atoms with Crippen molar-refractivity contribution in [2.24, 2.45) is 0 Å². The smallest absolute Gasteiger partial charge is 0.340 e. The van der Waals surface area contributed by atoms with Crippen molar-refractivity contribution < 1.29 is 23.5 Å². The van der Waals surface area contributed by atoms with E-state index in [4.69, 9.17) is 38.2 Å². The summed E-state index contributed by atoms with van der Waals surface area (Å²) in [4.78, 5) is 39.0. The van der Waals surface area contributed by atoms with Crippen LogP contribution >= 0.6 is 23.8 Å². The molecule has 1 saturated heterocycles. The number of hydrogen-bond acceptors (Lipinski definition) is 7. The highest BCUT2D eigenvalue weighted by Gasteiger charge is 2.34. The first kappa shape index (κ1) is 23.9. The van der Waals surface area contributed by atoms with Crippen molar-refractivity contribution in [2.45, 2.75) is 6.92 Å². The predicted octanol–water partition coefficient (Wildman–Crippen LogP) is 4.42. The number of nitrogens with one attached hydrogen (secondary N) is 1. The average molecular weight is 506 g/mol. The molecule has 0 spiro atoms. The van der Waals surface area contributed by atoms with Crippen molar-refractivity contribution in [3.63, 3.8) is 0 Å². The Balaban J connectivity index is 1.63. The maximum Gasteiger partial charge on any atom is 0.340 e. The van der Waals surface area contributed by atoms with Crippen LogP contribution in [-0.2, 0) is 14.3 Å². The molecule has 35 heavy (non-hydrogen) atoms. The van der Waals surface area contributed by atoms with Crippen LogP contribution in [0.1, 0.15) is 21.7 Å². The van der Waals surface area contributed by atoms with Gasteiger partial charge in [-0.1, -0.05) is 29.3 Å². The lowest BCUT2D eigenvalue weighted by atomic mass is 10.1. The van der Waals surface area contributed by atoms with Gasteiger partial charge in [-0.25, -0.2) is 4.79 Å². The summed E-state index contributed by atoms with van der Waals surface area (Å²) >= 11 is 11.3. The van der Waals surface area contributed by atoms with Crippen LogP contribution < -0.4 is 10.2 Å². The number of anilines is 1. The lowest BCUT2D eigenvalue weighted by Crippen LogP contribution is -2.54. The molecule has 8 nitrogen and oxygen atoms in total. The van der Waals surface area contributed by atoms with Gasteiger partial charge in [-0.05, 0) is 67.7 Å². The molecule has 2 heterocycles. The van der Waals surface area contributed by atoms with Crippen LogP contribution in [0.2, 0.25) is 5.02 Å². The maximum absolute atomic E-state index is 13.1. The molecule has 1 N–H and O–H groups in total. The number of rotatable bonds is 5. The Bertz CT molecular complexity index is 1440. The standard InChI is InChI=1S/C25H16ClN3O5S/c1-14-2-5-16(6-3-14)29-23(31)19(22(30)28-25(29)35)13-17-7-9-21(34-17)15-4-8-20(26)18(12-15)24(32)33-11-10-27/h2-9,12-13H,11H2,1H3,(H,28,30,35)/b19-13-. The van der Waals surface area contributed by atoms with E-state index in [0.29, 0.717) is 17.0 Å². The fraction of sp³-hybridized carbons (Fsp3) is 0.0800. The van der Waals surface area contributed by atoms with E-state index in [1.54, 1.807) is 36.4 Å². The van der Waals surface area contributed by atoms with Crippen LogP contribution in [0.25, 0.3) is 17.4 Å². The van der Waals surface area contributed by atoms with Crippen LogP contribution in [0.5, 0.6) is 0 Å². The number of hydrogen-bond donors (Lipinski definition) is 1. The molecule has 2 amide bonds. The van der Waals surface area contributed by atoms with Crippen LogP contribution in [0.15, 0.2) is 64.6 Å². The van der Waals surface area contributed by atoms with E-state index in [1.807, 2.05) is 19.1 Å². The minimum atomic E-state index is -0.746. The molecular formula is C25H16ClN3O5S. The van der Waals surface area contributed by atoms with Gasteiger partial charge in [-0.3, -0.25) is 19.8 Å². The molecular weight excluding hydrogens is 490 g/mol. The van der Waals surface area contributed by atoms with Crippen LogP contribution in [0.3, 0.4) is 0 Å². The van der Waals surface area contributed by atoms with Gasteiger partial charge in [0.2, 0.25) is 0 Å². The SMILES string of the molecule is Cc1ccc(N2C(=O)/C(=C\c3ccc(-c4ccc(Cl)c(C(=O)OCC#N)c4)o3)C(=O)NC2=S)cc1. The predicted molar refractivity (Wildman–Crippen MR) is 132 cm³/mol. The molecule has 0 unspecified atom stereocenters. The number of carbonyl (C=O) groups excluding carboxylic acids is 3. The van der Waals surface area contributed by atoms with Gasteiger partial charge < -0.3 is 9.15 Å². The Morgan fingerprint density at radius 2 is 1.94 bits per heavy atom. The number of esters is 1. The van der Waals surface area contributed by atoms with E-state index in [-0.39, 0.29) is 27.0 Å². The molecule has 174 valence electrons. The minimum Gasteiger partial charge on any atom is -0.457 e. The molecule has 0 bridgehead atoms. The summed E-state index contributed by atoms with van der Waals surface area (Å²) < 4.78 is 10.6. The molecule has 0 atom stereocenters. The molecule has 2 aromatic carbocycles. The van der Waals surface area contributed by atoms with E-state index < -0.39 is 24.4 Å². The van der Waals surface area contributed by atoms with Gasteiger partial charge in [-0.15, -0.1) is 0 Å². The Hall–Kier alpha value is -4.26. The van der Waals surface area contributed by atoms with Crippen molar-refractivity contribution in [3.8, 4) is 17.4 Å². The third-order valence-electron chi connectivity index (χ3n) is 5.05. The van der Waals surface area contributed by atoms with E-state index >= 15 is 0 Å². The summed E-state index contributed by atoms with van der Waals surface area (Å²) in [6, 6.07) is 16.7. The molecule has 0 aliphatic carbocycles. The number of benzene rings is 2. The molecule has 1 aliphatic heterocycles. The first-order valence-corrected chi connectivity index (χ1v) is 11.0. The van der Waals surface area contributed by atoms with E-state index in [2.05, 4.69) is 5.32 Å². The number of carbonyl (C=O) groups is 3. The van der Waals surface area contributed by atoms with Gasteiger partial charge >= 0.3 is 5.97 Å². The monoisotopic (exact) mass is 505 g/mol. The van der Waals surface area contributed by atoms with E-state index in [1.165, 1.54) is 23.1 Å². The van der Waals surface area contributed by atoms with Gasteiger partial charge in [0.25, 0.3) is 11.8 Å². The Morgan fingerprint density at radius 3 is 2.66 bits per heavy atom. The highest BCUT2D eigenvalue weighted by Crippen LogP contribution is 2.29. The quantitative estimate of drug-likeness (QED) is 0.236. The van der Waals surface area contributed by atoms with Crippen molar-refractivity contribution in [1.29, 1.82) is 5.26 Å². The summed E-state index contributed by atoms with van der Waals surface area (Å²) in [5.41, 5.74) is 1.95. The maximum atomic E-state index is 13.1. The van der Waals surface area contributed by atoms with Crippen molar-refractivity contribution in [3.05, 3.63) is 82.1 Å². The number of furan rings is 1. The largest absolute Gasteiger partial charge is 0.457 e. The molecule has 1 fully saturated rings. The number of thiocarbonyl (C=S) groups is 1. The topological polar surface area (TPSA) is 113 Å². The minimum absolute atomic E-state index is 0.0156. The second kappa shape index (κ2) is 9.93. The summed E-state index contributed by atoms with van der Waals surface area (Å²) in [6.45, 7) is 1.51. The lowest BCUT2D eigenvalue weighted by Gasteiger charge is -2.28. The first-order chi connectivity index (χ1) is 16.8. The highest BCUT2D eigenvalue weighted by molar-refractivity contribution is 7.80. The number of amides is 2. The Kier molecular flexibility index (Phi) is 6.78. The van der Waals surface area contributed by atoms with Crippen LogP contribution in [-0.4, -0.2) is 29.5 Å². The van der Waals surface area contributed by atoms with E-state index in [9.17, 15) is 14.4 Å². The van der Waals surface area contributed by atoms with Gasteiger partial charge in [0.1, 0.15) is 23.2 Å². The molecule has 3 aromatic rings. The number of halogens is 1. The van der Waals surface area contributed by atoms with E-state index in [0.717, 1.165) is 5.56 Å². The van der Waals surface area contributed by atoms with Crippen molar-refractivity contribution >= 4 is 58.5 Å².